The molecule has 0 unspecified atom stereocenters. The van der Waals surface area contributed by atoms with Crippen LogP contribution in [0.5, 0.6) is 0 Å². The largest absolute Gasteiger partial charge is 0.480 e. The van der Waals surface area contributed by atoms with Crippen molar-refractivity contribution in [1.29, 1.82) is 0 Å². The minimum atomic E-state index is 0.404. The molecular formula is C15H24N2O. The van der Waals surface area contributed by atoms with Gasteiger partial charge in [-0.3, -0.25) is 4.99 Å². The number of allylic oxidation sites excluding steroid dienone is 3. The number of ether oxygens (including phenoxy) is 1. The molecule has 0 heterocycles. The standard InChI is InChI=1S/C13H18N2O.C2H6/c1-7-11(13(15-5)16-6)12(9(2)3)10(4)8-14;1-2/h1,8H,2,14H2,3-6H3;1-2H3/b10-8-,12-11+,15-13?;. The zero-order valence-electron chi connectivity index (χ0n) is 12.3. The summed E-state index contributed by atoms with van der Waals surface area (Å²) in [6, 6.07) is 0. The first kappa shape index (κ1) is 18.4. The Kier molecular flexibility index (Phi) is 10.5. The van der Waals surface area contributed by atoms with Crippen LogP contribution in [0.3, 0.4) is 0 Å². The van der Waals surface area contributed by atoms with Crippen LogP contribution in [0, 0.1) is 12.3 Å². The summed E-state index contributed by atoms with van der Waals surface area (Å²) in [5.74, 6) is 2.97. The number of terminal acetylenes is 1. The van der Waals surface area contributed by atoms with E-state index in [4.69, 9.17) is 16.9 Å². The Morgan fingerprint density at radius 2 is 1.89 bits per heavy atom. The number of hydrogen-bond acceptors (Lipinski definition) is 3. The van der Waals surface area contributed by atoms with E-state index in [1.54, 1.807) is 7.05 Å². The average molecular weight is 248 g/mol. The lowest BCUT2D eigenvalue weighted by molar-refractivity contribution is 0.404. The summed E-state index contributed by atoms with van der Waals surface area (Å²) in [6.45, 7) is 11.6. The summed E-state index contributed by atoms with van der Waals surface area (Å²) in [5, 5.41) is 0. The van der Waals surface area contributed by atoms with E-state index in [2.05, 4.69) is 17.5 Å². The van der Waals surface area contributed by atoms with Crippen LogP contribution >= 0.6 is 0 Å². The second kappa shape index (κ2) is 10.2. The summed E-state index contributed by atoms with van der Waals surface area (Å²) < 4.78 is 5.12. The van der Waals surface area contributed by atoms with Crippen molar-refractivity contribution >= 4 is 5.90 Å². The molecule has 0 radical (unpaired) electrons. The van der Waals surface area contributed by atoms with Gasteiger partial charge in [0.25, 0.3) is 0 Å². The summed E-state index contributed by atoms with van der Waals surface area (Å²) in [5.41, 5.74) is 8.54. The fourth-order valence-corrected chi connectivity index (χ4v) is 1.38. The molecule has 0 spiro atoms. The molecule has 0 aliphatic heterocycles. The van der Waals surface area contributed by atoms with E-state index in [1.807, 2.05) is 27.7 Å². The molecular weight excluding hydrogens is 224 g/mol. The van der Waals surface area contributed by atoms with Crippen molar-refractivity contribution < 1.29 is 4.74 Å². The molecule has 3 nitrogen and oxygen atoms in total. The van der Waals surface area contributed by atoms with Crippen molar-refractivity contribution in [1.82, 2.24) is 0 Å². The zero-order chi connectivity index (χ0) is 14.7. The Morgan fingerprint density at radius 1 is 1.39 bits per heavy atom. The smallest absolute Gasteiger partial charge is 0.224 e. The van der Waals surface area contributed by atoms with E-state index >= 15 is 0 Å². The maximum Gasteiger partial charge on any atom is 0.224 e. The van der Waals surface area contributed by atoms with E-state index in [-0.39, 0.29) is 0 Å². The van der Waals surface area contributed by atoms with E-state index in [9.17, 15) is 0 Å². The van der Waals surface area contributed by atoms with Crippen LogP contribution in [0.4, 0.5) is 0 Å². The predicted molar refractivity (Wildman–Crippen MR) is 80.3 cm³/mol. The molecule has 0 aliphatic rings. The Morgan fingerprint density at radius 3 is 2.11 bits per heavy atom. The molecule has 18 heavy (non-hydrogen) atoms. The third kappa shape index (κ3) is 4.92. The molecule has 0 fully saturated rings. The van der Waals surface area contributed by atoms with Gasteiger partial charge in [-0.15, -0.1) is 6.42 Å². The second-order valence-corrected chi connectivity index (χ2v) is 3.26. The molecule has 0 saturated heterocycles. The second-order valence-electron chi connectivity index (χ2n) is 3.26. The number of nitrogens with two attached hydrogens (primary N) is 1. The van der Waals surface area contributed by atoms with Gasteiger partial charge in [-0.05, 0) is 31.2 Å². The van der Waals surface area contributed by atoms with Crippen LogP contribution < -0.4 is 5.73 Å². The van der Waals surface area contributed by atoms with Crippen molar-refractivity contribution in [2.24, 2.45) is 10.7 Å². The summed E-state index contributed by atoms with van der Waals surface area (Å²) in [4.78, 5) is 3.98. The molecule has 100 valence electrons. The molecule has 0 rings (SSSR count). The first-order chi connectivity index (χ1) is 8.53. The SMILES string of the molecule is C#C/C(C(=NC)OC)=C(C(=C)C)\C(C)=C/N.CC. The zero-order valence-corrected chi connectivity index (χ0v) is 12.3. The van der Waals surface area contributed by atoms with Crippen molar-refractivity contribution in [2.75, 3.05) is 14.2 Å². The summed E-state index contributed by atoms with van der Waals surface area (Å²) >= 11 is 0. The normalized spacial score (nSPS) is 12.7. The van der Waals surface area contributed by atoms with Crippen molar-refractivity contribution in [3.63, 3.8) is 0 Å². The van der Waals surface area contributed by atoms with Crippen LogP contribution in [-0.4, -0.2) is 20.1 Å². The Hall–Kier alpha value is -1.95. The Labute approximate surface area is 111 Å². The van der Waals surface area contributed by atoms with Gasteiger partial charge in [-0.25, -0.2) is 0 Å². The maximum absolute atomic E-state index is 5.50. The minimum Gasteiger partial charge on any atom is -0.480 e. The highest BCUT2D eigenvalue weighted by Crippen LogP contribution is 2.22. The van der Waals surface area contributed by atoms with Crippen LogP contribution in [0.15, 0.2) is 40.1 Å². The summed E-state index contributed by atoms with van der Waals surface area (Å²) in [6.07, 6.45) is 6.97. The van der Waals surface area contributed by atoms with Crippen LogP contribution in [-0.2, 0) is 4.74 Å². The Bertz CT molecular complexity index is 407. The number of methoxy groups -OCH3 is 1. The van der Waals surface area contributed by atoms with Gasteiger partial charge in [-0.2, -0.15) is 0 Å². The molecule has 3 heteroatoms. The third-order valence-corrected chi connectivity index (χ3v) is 2.08. The first-order valence-electron chi connectivity index (χ1n) is 5.80. The first-order valence-corrected chi connectivity index (χ1v) is 5.80. The van der Waals surface area contributed by atoms with Gasteiger partial charge in [0.1, 0.15) is 0 Å². The van der Waals surface area contributed by atoms with Gasteiger partial charge in [-0.1, -0.05) is 26.3 Å². The monoisotopic (exact) mass is 248 g/mol. The number of nitrogens with zero attached hydrogens (tertiary/aromatic N) is 1. The third-order valence-electron chi connectivity index (χ3n) is 2.08. The topological polar surface area (TPSA) is 47.6 Å². The number of rotatable bonds is 3. The van der Waals surface area contributed by atoms with Gasteiger partial charge in [0.15, 0.2) is 0 Å². The quantitative estimate of drug-likeness (QED) is 0.361. The van der Waals surface area contributed by atoms with Gasteiger partial charge >= 0.3 is 0 Å². The molecule has 2 N–H and O–H groups in total. The lowest BCUT2D eigenvalue weighted by atomic mass is 9.96. The highest BCUT2D eigenvalue weighted by Gasteiger charge is 2.13. The van der Waals surface area contributed by atoms with E-state index in [0.29, 0.717) is 11.5 Å². The molecule has 0 amide bonds. The van der Waals surface area contributed by atoms with Gasteiger partial charge in [0.2, 0.25) is 5.90 Å². The highest BCUT2D eigenvalue weighted by molar-refractivity contribution is 6.00. The number of hydrogen-bond donors (Lipinski definition) is 1. The lowest BCUT2D eigenvalue weighted by Crippen LogP contribution is -2.09. The summed E-state index contributed by atoms with van der Waals surface area (Å²) in [7, 11) is 3.14. The molecule has 0 atom stereocenters. The van der Waals surface area contributed by atoms with E-state index in [0.717, 1.165) is 16.7 Å². The number of aliphatic imine (C=N–C) groups is 1. The van der Waals surface area contributed by atoms with Gasteiger partial charge < -0.3 is 10.5 Å². The van der Waals surface area contributed by atoms with E-state index in [1.165, 1.54) is 13.3 Å². The van der Waals surface area contributed by atoms with Crippen molar-refractivity contribution in [2.45, 2.75) is 27.7 Å². The average Bonchev–Trinajstić information content (AvgIpc) is 2.40. The fourth-order valence-electron chi connectivity index (χ4n) is 1.38. The molecule has 0 aliphatic carbocycles. The Balaban J connectivity index is 0. The van der Waals surface area contributed by atoms with E-state index < -0.39 is 0 Å². The molecule has 0 aromatic heterocycles. The predicted octanol–water partition coefficient (Wildman–Crippen LogP) is 3.06. The minimum absolute atomic E-state index is 0.404. The fraction of sp³-hybridized carbons (Fsp3) is 0.400. The van der Waals surface area contributed by atoms with Crippen molar-refractivity contribution in [3.8, 4) is 12.3 Å². The lowest BCUT2D eigenvalue weighted by Gasteiger charge is -2.12. The van der Waals surface area contributed by atoms with Crippen LogP contribution in [0.25, 0.3) is 0 Å². The van der Waals surface area contributed by atoms with Gasteiger partial charge in [0.05, 0.1) is 12.7 Å². The molecule has 0 bridgehead atoms. The molecule has 0 aromatic rings. The molecule has 0 saturated carbocycles. The van der Waals surface area contributed by atoms with Crippen LogP contribution in [0.1, 0.15) is 27.7 Å². The molecule has 0 aromatic carbocycles. The van der Waals surface area contributed by atoms with Crippen LogP contribution in [0.2, 0.25) is 0 Å². The maximum atomic E-state index is 5.50. The van der Waals surface area contributed by atoms with Crippen molar-refractivity contribution in [3.05, 3.63) is 35.1 Å². The van der Waals surface area contributed by atoms with Gasteiger partial charge in [0, 0.05) is 12.6 Å². The highest BCUT2D eigenvalue weighted by atomic mass is 16.5.